The number of benzene rings is 1. The van der Waals surface area contributed by atoms with Gasteiger partial charge < -0.3 is 16.4 Å². The number of carbonyl (C=O) groups is 2. The van der Waals surface area contributed by atoms with Crippen molar-refractivity contribution in [2.45, 2.75) is 12.8 Å². The van der Waals surface area contributed by atoms with Crippen LogP contribution in [0.15, 0.2) is 30.3 Å². The van der Waals surface area contributed by atoms with Crippen LogP contribution in [0.3, 0.4) is 0 Å². The summed E-state index contributed by atoms with van der Waals surface area (Å²) in [6, 6.07) is 8.80. The molecule has 18 heavy (non-hydrogen) atoms. The van der Waals surface area contributed by atoms with Gasteiger partial charge in [0.15, 0.2) is 0 Å². The molecular weight excluding hydrogens is 230 g/mol. The van der Waals surface area contributed by atoms with Gasteiger partial charge in [-0.05, 0) is 31.5 Å². The van der Waals surface area contributed by atoms with Gasteiger partial charge >= 0.3 is 0 Å². The van der Waals surface area contributed by atoms with Crippen molar-refractivity contribution < 1.29 is 9.59 Å². The van der Waals surface area contributed by atoms with Crippen molar-refractivity contribution in [1.82, 2.24) is 10.6 Å². The molecule has 0 atom stereocenters. The van der Waals surface area contributed by atoms with Crippen LogP contribution in [0.5, 0.6) is 0 Å². The van der Waals surface area contributed by atoms with Gasteiger partial charge in [0.05, 0.1) is 6.54 Å². The van der Waals surface area contributed by atoms with Crippen LogP contribution in [0.4, 0.5) is 0 Å². The Bertz CT molecular complexity index is 379. The van der Waals surface area contributed by atoms with Crippen molar-refractivity contribution >= 4 is 11.8 Å². The summed E-state index contributed by atoms with van der Waals surface area (Å²) in [5.41, 5.74) is 5.89. The predicted octanol–water partition coefficient (Wildman–Crippen LogP) is 0.272. The zero-order valence-corrected chi connectivity index (χ0v) is 10.3. The molecule has 1 rings (SSSR count). The van der Waals surface area contributed by atoms with Crippen molar-refractivity contribution in [3.63, 3.8) is 0 Å². The largest absolute Gasteiger partial charge is 0.355 e. The van der Waals surface area contributed by atoms with Gasteiger partial charge in [-0.25, -0.2) is 0 Å². The van der Waals surface area contributed by atoms with E-state index in [1.165, 1.54) is 0 Å². The van der Waals surface area contributed by atoms with Crippen LogP contribution in [0.2, 0.25) is 0 Å². The summed E-state index contributed by atoms with van der Waals surface area (Å²) in [5.74, 6) is -0.427. The van der Waals surface area contributed by atoms with E-state index in [2.05, 4.69) is 10.6 Å². The van der Waals surface area contributed by atoms with Gasteiger partial charge in [-0.3, -0.25) is 9.59 Å². The number of unbranched alkanes of at least 4 members (excludes halogenated alkanes) is 1. The van der Waals surface area contributed by atoms with Gasteiger partial charge in [0.2, 0.25) is 5.91 Å². The highest BCUT2D eigenvalue weighted by atomic mass is 16.2. The molecule has 5 nitrogen and oxygen atoms in total. The maximum absolute atomic E-state index is 11.6. The molecule has 0 unspecified atom stereocenters. The second-order valence-electron chi connectivity index (χ2n) is 3.89. The Kier molecular flexibility index (Phi) is 6.50. The lowest BCUT2D eigenvalue weighted by Crippen LogP contribution is -2.37. The fourth-order valence-corrected chi connectivity index (χ4v) is 1.41. The molecule has 0 saturated heterocycles. The van der Waals surface area contributed by atoms with Gasteiger partial charge in [0.1, 0.15) is 0 Å². The highest BCUT2D eigenvalue weighted by Crippen LogP contribution is 1.97. The van der Waals surface area contributed by atoms with Gasteiger partial charge in [-0.2, -0.15) is 0 Å². The molecule has 4 N–H and O–H groups in total. The number of rotatable bonds is 7. The molecule has 2 amide bonds. The quantitative estimate of drug-likeness (QED) is 0.606. The summed E-state index contributed by atoms with van der Waals surface area (Å²) in [5, 5.41) is 5.28. The van der Waals surface area contributed by atoms with Crippen molar-refractivity contribution in [2.24, 2.45) is 5.73 Å². The van der Waals surface area contributed by atoms with Crippen LogP contribution >= 0.6 is 0 Å². The van der Waals surface area contributed by atoms with Crippen molar-refractivity contribution in [1.29, 1.82) is 0 Å². The molecule has 0 radical (unpaired) electrons. The van der Waals surface area contributed by atoms with Crippen LogP contribution in [0.25, 0.3) is 0 Å². The Hall–Kier alpha value is -1.88. The fourth-order valence-electron chi connectivity index (χ4n) is 1.41. The lowest BCUT2D eigenvalue weighted by Gasteiger charge is -2.06. The summed E-state index contributed by atoms with van der Waals surface area (Å²) in [7, 11) is 0. The standard InChI is InChI=1S/C13H19N3O2/c14-8-4-5-9-15-12(17)10-16-13(18)11-6-2-1-3-7-11/h1-3,6-7H,4-5,8-10,14H2,(H,15,17)(H,16,18). The molecule has 1 aromatic rings. The first-order valence-corrected chi connectivity index (χ1v) is 6.04. The lowest BCUT2D eigenvalue weighted by atomic mass is 10.2. The Morgan fingerprint density at radius 1 is 1.06 bits per heavy atom. The molecule has 0 aliphatic rings. The molecule has 0 spiro atoms. The van der Waals surface area contributed by atoms with E-state index in [1.807, 2.05) is 6.07 Å². The Morgan fingerprint density at radius 2 is 1.78 bits per heavy atom. The predicted molar refractivity (Wildman–Crippen MR) is 70.1 cm³/mol. The minimum Gasteiger partial charge on any atom is -0.355 e. The van der Waals surface area contributed by atoms with Gasteiger partial charge in [0, 0.05) is 12.1 Å². The SMILES string of the molecule is NCCCCNC(=O)CNC(=O)c1ccccc1. The number of amides is 2. The second-order valence-corrected chi connectivity index (χ2v) is 3.89. The average Bonchev–Trinajstić information content (AvgIpc) is 2.42. The highest BCUT2D eigenvalue weighted by Gasteiger charge is 2.06. The van der Waals surface area contributed by atoms with E-state index in [0.717, 1.165) is 12.8 Å². The molecule has 0 fully saturated rings. The van der Waals surface area contributed by atoms with Crippen LogP contribution in [0.1, 0.15) is 23.2 Å². The monoisotopic (exact) mass is 249 g/mol. The maximum Gasteiger partial charge on any atom is 0.251 e. The third-order valence-electron chi connectivity index (χ3n) is 2.40. The minimum atomic E-state index is -0.243. The average molecular weight is 249 g/mol. The second kappa shape index (κ2) is 8.25. The molecule has 0 aromatic heterocycles. The van der Waals surface area contributed by atoms with Gasteiger partial charge in [-0.1, -0.05) is 18.2 Å². The normalized spacial score (nSPS) is 9.83. The van der Waals surface area contributed by atoms with Crippen LogP contribution in [0, 0.1) is 0 Å². The number of hydrogen-bond donors (Lipinski definition) is 3. The van der Waals surface area contributed by atoms with Crippen LogP contribution in [-0.2, 0) is 4.79 Å². The summed E-state index contributed by atoms with van der Waals surface area (Å²) in [4.78, 5) is 23.0. The van der Waals surface area contributed by atoms with Crippen molar-refractivity contribution in [2.75, 3.05) is 19.6 Å². The van der Waals surface area contributed by atoms with Gasteiger partial charge in [-0.15, -0.1) is 0 Å². The van der Waals surface area contributed by atoms with Gasteiger partial charge in [0.25, 0.3) is 5.91 Å². The molecule has 0 aliphatic carbocycles. The third kappa shape index (κ3) is 5.45. The van der Waals surface area contributed by atoms with Crippen molar-refractivity contribution in [3.8, 4) is 0 Å². The zero-order valence-electron chi connectivity index (χ0n) is 10.3. The highest BCUT2D eigenvalue weighted by molar-refractivity contribution is 5.96. The molecule has 0 saturated carbocycles. The van der Waals surface area contributed by atoms with E-state index in [1.54, 1.807) is 24.3 Å². The maximum atomic E-state index is 11.6. The Balaban J connectivity index is 2.20. The first kappa shape index (κ1) is 14.2. The topological polar surface area (TPSA) is 84.2 Å². The molecule has 0 heterocycles. The fraction of sp³-hybridized carbons (Fsp3) is 0.385. The zero-order chi connectivity index (χ0) is 13.2. The Morgan fingerprint density at radius 3 is 2.44 bits per heavy atom. The number of nitrogens with one attached hydrogen (secondary N) is 2. The van der Waals surface area contributed by atoms with E-state index in [4.69, 9.17) is 5.73 Å². The summed E-state index contributed by atoms with van der Waals surface area (Å²) in [6.45, 7) is 1.22. The Labute approximate surface area is 107 Å². The van der Waals surface area contributed by atoms with E-state index in [9.17, 15) is 9.59 Å². The first-order chi connectivity index (χ1) is 8.74. The number of carbonyl (C=O) groups excluding carboxylic acids is 2. The summed E-state index contributed by atoms with van der Waals surface area (Å²) in [6.07, 6.45) is 1.74. The number of nitrogens with two attached hydrogens (primary N) is 1. The summed E-state index contributed by atoms with van der Waals surface area (Å²) < 4.78 is 0. The third-order valence-corrected chi connectivity index (χ3v) is 2.40. The molecule has 5 heteroatoms. The van der Waals surface area contributed by atoms with Crippen LogP contribution in [-0.4, -0.2) is 31.4 Å². The van der Waals surface area contributed by atoms with E-state index >= 15 is 0 Å². The van der Waals surface area contributed by atoms with Crippen molar-refractivity contribution in [3.05, 3.63) is 35.9 Å². The van der Waals surface area contributed by atoms with Crippen LogP contribution < -0.4 is 16.4 Å². The molecule has 1 aromatic carbocycles. The molecule has 0 aliphatic heterocycles. The van der Waals surface area contributed by atoms with E-state index < -0.39 is 0 Å². The lowest BCUT2D eigenvalue weighted by molar-refractivity contribution is -0.120. The molecule has 98 valence electrons. The number of hydrogen-bond acceptors (Lipinski definition) is 3. The smallest absolute Gasteiger partial charge is 0.251 e. The first-order valence-electron chi connectivity index (χ1n) is 6.04. The minimum absolute atomic E-state index is 0.00362. The van der Waals surface area contributed by atoms with E-state index in [0.29, 0.717) is 18.7 Å². The summed E-state index contributed by atoms with van der Waals surface area (Å²) >= 11 is 0. The van der Waals surface area contributed by atoms with E-state index in [-0.39, 0.29) is 18.4 Å². The molecular formula is C13H19N3O2. The molecule has 0 bridgehead atoms.